The lowest BCUT2D eigenvalue weighted by molar-refractivity contribution is 0.0280. The van der Waals surface area contributed by atoms with Gasteiger partial charge in [0.15, 0.2) is 11.5 Å². The van der Waals surface area contributed by atoms with Crippen molar-refractivity contribution < 1.29 is 14.3 Å². The highest BCUT2D eigenvalue weighted by molar-refractivity contribution is 7.13. The molecule has 166 valence electrons. The molecule has 7 rings (SSSR count). The van der Waals surface area contributed by atoms with E-state index in [0.717, 1.165) is 25.2 Å². The Balaban J connectivity index is 1.11. The number of nitrogens with one attached hydrogen (secondary N) is 1. The molecule has 4 atom stereocenters. The Morgan fingerprint density at radius 2 is 2.16 bits per heavy atom. The van der Waals surface area contributed by atoms with Gasteiger partial charge in [0, 0.05) is 43.4 Å². The Morgan fingerprint density at radius 1 is 1.25 bits per heavy atom. The molecule has 32 heavy (non-hydrogen) atoms. The molecular weight excluding hydrogens is 424 g/mol. The third kappa shape index (κ3) is 3.47. The Kier molecular flexibility index (Phi) is 4.91. The fourth-order valence-electron chi connectivity index (χ4n) is 5.41. The lowest BCUT2D eigenvalue weighted by Crippen LogP contribution is -2.56. The molecule has 0 aliphatic carbocycles. The van der Waals surface area contributed by atoms with E-state index in [1.54, 1.807) is 29.5 Å². The van der Waals surface area contributed by atoms with Crippen LogP contribution in [0.2, 0.25) is 0 Å². The number of hydrogen-bond acceptors (Lipinski definition) is 6. The van der Waals surface area contributed by atoms with Gasteiger partial charge in [-0.25, -0.2) is 0 Å². The number of nitrogens with zero attached hydrogens (tertiary/aromatic N) is 3. The van der Waals surface area contributed by atoms with Crippen molar-refractivity contribution in [3.8, 4) is 22.1 Å². The van der Waals surface area contributed by atoms with Crippen molar-refractivity contribution in [2.75, 3.05) is 26.4 Å². The molecule has 0 saturated carbocycles. The van der Waals surface area contributed by atoms with Gasteiger partial charge in [0.05, 0.1) is 4.88 Å². The van der Waals surface area contributed by atoms with Gasteiger partial charge in [-0.05, 0) is 61.0 Å². The van der Waals surface area contributed by atoms with Gasteiger partial charge in [-0.15, -0.1) is 11.3 Å². The maximum Gasteiger partial charge on any atom is 0.251 e. The molecule has 3 aromatic rings. The molecule has 4 aliphatic rings. The standard InChI is InChI=1S/C24H26N4O3S/c1-27-20(11-19(26-27)23-3-2-8-32-23)18-13-28-7-6-15(18)9-17(28)12-25-24(29)16-4-5-21-22(10-16)31-14-30-21/h2-5,8,10-11,15,17-18H,6-7,9,12-14H2,1H3,(H,25,29)/t15-,17+,18+/m0/s1. The summed E-state index contributed by atoms with van der Waals surface area (Å²) in [4.78, 5) is 16.5. The zero-order chi connectivity index (χ0) is 21.7. The van der Waals surface area contributed by atoms with Crippen LogP contribution >= 0.6 is 11.3 Å². The molecule has 1 N–H and O–H groups in total. The van der Waals surface area contributed by atoms with E-state index in [2.05, 4.69) is 45.5 Å². The van der Waals surface area contributed by atoms with Crippen molar-refractivity contribution in [1.29, 1.82) is 0 Å². The molecule has 3 fully saturated rings. The number of aromatic nitrogens is 2. The molecule has 0 spiro atoms. The van der Waals surface area contributed by atoms with Gasteiger partial charge in [-0.1, -0.05) is 6.07 Å². The average molecular weight is 451 g/mol. The minimum Gasteiger partial charge on any atom is -0.454 e. The Labute approximate surface area is 190 Å². The summed E-state index contributed by atoms with van der Waals surface area (Å²) in [5.74, 6) is 2.39. The maximum atomic E-state index is 12.7. The number of fused-ring (bicyclic) bond motifs is 4. The van der Waals surface area contributed by atoms with Crippen LogP contribution in [0.15, 0.2) is 41.8 Å². The lowest BCUT2D eigenvalue weighted by Gasteiger charge is -2.50. The molecule has 2 bridgehead atoms. The molecule has 1 amide bonds. The number of piperidine rings is 3. The molecule has 1 aromatic carbocycles. The van der Waals surface area contributed by atoms with Crippen LogP contribution in [0.25, 0.3) is 10.6 Å². The summed E-state index contributed by atoms with van der Waals surface area (Å²) in [5.41, 5.74) is 3.01. The van der Waals surface area contributed by atoms with E-state index in [9.17, 15) is 4.79 Å². The molecule has 0 radical (unpaired) electrons. The first kappa shape index (κ1) is 19.8. The van der Waals surface area contributed by atoms with E-state index >= 15 is 0 Å². The summed E-state index contributed by atoms with van der Waals surface area (Å²) < 4.78 is 12.8. The van der Waals surface area contributed by atoms with E-state index in [1.165, 1.54) is 17.0 Å². The van der Waals surface area contributed by atoms with Crippen LogP contribution in [0, 0.1) is 5.92 Å². The molecule has 6 heterocycles. The van der Waals surface area contributed by atoms with Crippen LogP contribution < -0.4 is 14.8 Å². The van der Waals surface area contributed by atoms with Crippen LogP contribution in [-0.4, -0.2) is 53.1 Å². The fraction of sp³-hybridized carbons (Fsp3) is 0.417. The van der Waals surface area contributed by atoms with Gasteiger partial charge in [-0.2, -0.15) is 5.10 Å². The van der Waals surface area contributed by atoms with E-state index in [-0.39, 0.29) is 12.7 Å². The smallest absolute Gasteiger partial charge is 0.251 e. The van der Waals surface area contributed by atoms with Gasteiger partial charge in [-0.3, -0.25) is 14.4 Å². The lowest BCUT2D eigenvalue weighted by atomic mass is 9.74. The number of aryl methyl sites for hydroxylation is 1. The third-order valence-electron chi connectivity index (χ3n) is 7.08. The Hall–Kier alpha value is -2.84. The first-order chi connectivity index (χ1) is 15.7. The first-order valence-electron chi connectivity index (χ1n) is 11.2. The van der Waals surface area contributed by atoms with Gasteiger partial charge in [0.2, 0.25) is 6.79 Å². The first-order valence-corrected chi connectivity index (χ1v) is 12.0. The van der Waals surface area contributed by atoms with Crippen LogP contribution in [0.4, 0.5) is 0 Å². The van der Waals surface area contributed by atoms with Crippen molar-refractivity contribution in [3.63, 3.8) is 0 Å². The average Bonchev–Trinajstić information content (AvgIpc) is 3.57. The number of rotatable bonds is 5. The van der Waals surface area contributed by atoms with E-state index < -0.39 is 0 Å². The number of thiophene rings is 1. The summed E-state index contributed by atoms with van der Waals surface area (Å²) in [7, 11) is 2.06. The number of carbonyl (C=O) groups excluding carboxylic acids is 1. The normalized spacial score (nSPS) is 25.8. The highest BCUT2D eigenvalue weighted by atomic mass is 32.1. The Bertz CT molecular complexity index is 1140. The van der Waals surface area contributed by atoms with Crippen molar-refractivity contribution in [2.24, 2.45) is 13.0 Å². The van der Waals surface area contributed by atoms with E-state index in [1.807, 2.05) is 0 Å². The number of benzene rings is 1. The van der Waals surface area contributed by atoms with Crippen LogP contribution in [-0.2, 0) is 7.05 Å². The third-order valence-corrected chi connectivity index (χ3v) is 7.97. The molecular formula is C24H26N4O3S. The minimum atomic E-state index is -0.0604. The second-order valence-electron chi connectivity index (χ2n) is 8.87. The summed E-state index contributed by atoms with van der Waals surface area (Å²) >= 11 is 1.73. The summed E-state index contributed by atoms with van der Waals surface area (Å²) in [6, 6.07) is 12.2. The highest BCUT2D eigenvalue weighted by Gasteiger charge is 2.42. The summed E-state index contributed by atoms with van der Waals surface area (Å²) in [5, 5.41) is 10.0. The van der Waals surface area contributed by atoms with Gasteiger partial charge >= 0.3 is 0 Å². The van der Waals surface area contributed by atoms with Crippen LogP contribution in [0.5, 0.6) is 11.5 Å². The fourth-order valence-corrected chi connectivity index (χ4v) is 6.09. The molecule has 2 aromatic heterocycles. The minimum absolute atomic E-state index is 0.0604. The molecule has 4 aliphatic heterocycles. The number of ether oxygens (including phenoxy) is 2. The number of hydrogen-bond donors (Lipinski definition) is 1. The van der Waals surface area contributed by atoms with Crippen molar-refractivity contribution in [2.45, 2.75) is 24.8 Å². The predicted octanol–water partition coefficient (Wildman–Crippen LogP) is 3.49. The monoisotopic (exact) mass is 450 g/mol. The van der Waals surface area contributed by atoms with Crippen molar-refractivity contribution in [1.82, 2.24) is 20.0 Å². The largest absolute Gasteiger partial charge is 0.454 e. The van der Waals surface area contributed by atoms with Gasteiger partial charge in [0.1, 0.15) is 5.69 Å². The molecule has 7 nitrogen and oxygen atoms in total. The predicted molar refractivity (Wildman–Crippen MR) is 122 cm³/mol. The van der Waals surface area contributed by atoms with E-state index in [0.29, 0.717) is 41.5 Å². The van der Waals surface area contributed by atoms with Gasteiger partial charge in [0.25, 0.3) is 5.91 Å². The number of carbonyl (C=O) groups is 1. The van der Waals surface area contributed by atoms with E-state index in [4.69, 9.17) is 14.6 Å². The number of amides is 1. The second-order valence-corrected chi connectivity index (χ2v) is 9.82. The SMILES string of the molecule is Cn1nc(-c2cccs2)cc1[C@@H]1CN2CC[C@H]1C[C@@H]2CNC(=O)c1ccc2c(c1)OCO2. The summed E-state index contributed by atoms with van der Waals surface area (Å²) in [6.07, 6.45) is 2.31. The zero-order valence-corrected chi connectivity index (χ0v) is 18.8. The molecule has 1 unspecified atom stereocenters. The highest BCUT2D eigenvalue weighted by Crippen LogP contribution is 2.42. The van der Waals surface area contributed by atoms with Crippen LogP contribution in [0.1, 0.15) is 34.8 Å². The summed E-state index contributed by atoms with van der Waals surface area (Å²) in [6.45, 7) is 3.01. The second kappa shape index (κ2) is 7.94. The quantitative estimate of drug-likeness (QED) is 0.645. The topological polar surface area (TPSA) is 68.6 Å². The van der Waals surface area contributed by atoms with Crippen molar-refractivity contribution >= 4 is 17.2 Å². The Morgan fingerprint density at radius 3 is 2.97 bits per heavy atom. The van der Waals surface area contributed by atoms with Crippen LogP contribution in [0.3, 0.4) is 0 Å². The molecule has 3 saturated heterocycles. The maximum absolute atomic E-state index is 12.7. The molecule has 8 heteroatoms. The zero-order valence-electron chi connectivity index (χ0n) is 18.0. The van der Waals surface area contributed by atoms with Gasteiger partial charge < -0.3 is 14.8 Å². The van der Waals surface area contributed by atoms with Crippen molar-refractivity contribution in [3.05, 3.63) is 53.0 Å².